The highest BCUT2D eigenvalue weighted by Gasteiger charge is 2.29. The predicted octanol–water partition coefficient (Wildman–Crippen LogP) is 3.17. The fourth-order valence-electron chi connectivity index (χ4n) is 2.45. The quantitative estimate of drug-likeness (QED) is 0.872. The summed E-state index contributed by atoms with van der Waals surface area (Å²) in [5.74, 6) is 0.0711. The molecular formula is C16H14ClFN2O2. The van der Waals surface area contributed by atoms with Crippen LogP contribution in [0.1, 0.15) is 16.8 Å². The third kappa shape index (κ3) is 3.20. The minimum atomic E-state index is -0.457. The smallest absolute Gasteiger partial charge is 0.255 e. The van der Waals surface area contributed by atoms with E-state index in [9.17, 15) is 9.18 Å². The molecule has 1 aliphatic rings. The van der Waals surface area contributed by atoms with Gasteiger partial charge in [0.15, 0.2) is 0 Å². The van der Waals surface area contributed by atoms with E-state index in [0.29, 0.717) is 18.7 Å². The Bertz CT molecular complexity index is 681. The molecule has 0 N–H and O–H groups in total. The molecule has 1 aliphatic heterocycles. The molecular weight excluding hydrogens is 307 g/mol. The second-order valence-electron chi connectivity index (χ2n) is 5.09. The zero-order valence-electron chi connectivity index (χ0n) is 11.7. The second kappa shape index (κ2) is 6.32. The van der Waals surface area contributed by atoms with Crippen molar-refractivity contribution in [1.82, 2.24) is 9.88 Å². The zero-order chi connectivity index (χ0) is 15.5. The van der Waals surface area contributed by atoms with Gasteiger partial charge >= 0.3 is 0 Å². The number of aromatic nitrogens is 1. The maximum atomic E-state index is 13.1. The van der Waals surface area contributed by atoms with Crippen LogP contribution in [0.25, 0.3) is 0 Å². The van der Waals surface area contributed by atoms with Crippen LogP contribution in [0.4, 0.5) is 4.39 Å². The number of hydrogen-bond acceptors (Lipinski definition) is 3. The van der Waals surface area contributed by atoms with E-state index in [1.807, 2.05) is 0 Å². The van der Waals surface area contributed by atoms with Gasteiger partial charge in [-0.1, -0.05) is 11.6 Å². The number of hydrogen-bond donors (Lipinski definition) is 0. The van der Waals surface area contributed by atoms with Gasteiger partial charge in [0.1, 0.15) is 17.7 Å². The summed E-state index contributed by atoms with van der Waals surface area (Å²) in [5.41, 5.74) is 0.313. The molecule has 0 bridgehead atoms. The predicted molar refractivity (Wildman–Crippen MR) is 80.6 cm³/mol. The number of ether oxygens (including phenoxy) is 1. The Hall–Kier alpha value is -2.14. The molecule has 3 rings (SSSR count). The Morgan fingerprint density at radius 2 is 2.09 bits per heavy atom. The van der Waals surface area contributed by atoms with E-state index in [2.05, 4.69) is 4.98 Å². The highest BCUT2D eigenvalue weighted by Crippen LogP contribution is 2.23. The van der Waals surface area contributed by atoms with E-state index in [0.717, 1.165) is 18.2 Å². The van der Waals surface area contributed by atoms with Crippen molar-refractivity contribution in [2.24, 2.45) is 0 Å². The van der Waals surface area contributed by atoms with Crippen LogP contribution in [0, 0.1) is 5.82 Å². The molecule has 0 saturated carbocycles. The van der Waals surface area contributed by atoms with Gasteiger partial charge in [0, 0.05) is 25.4 Å². The van der Waals surface area contributed by atoms with Crippen LogP contribution in [0.5, 0.6) is 5.75 Å². The van der Waals surface area contributed by atoms with E-state index < -0.39 is 5.82 Å². The third-order valence-corrected chi connectivity index (χ3v) is 3.86. The number of carbonyl (C=O) groups is 1. The number of rotatable bonds is 3. The number of likely N-dealkylation sites (tertiary alicyclic amines) is 1. The Balaban J connectivity index is 1.66. The monoisotopic (exact) mass is 320 g/mol. The summed E-state index contributed by atoms with van der Waals surface area (Å²) in [6.45, 7) is 1.07. The number of benzene rings is 1. The topological polar surface area (TPSA) is 42.4 Å². The van der Waals surface area contributed by atoms with Crippen molar-refractivity contribution in [2.75, 3.05) is 13.1 Å². The van der Waals surface area contributed by atoms with Crippen molar-refractivity contribution in [1.29, 1.82) is 0 Å². The minimum absolute atomic E-state index is 0.0643. The molecule has 2 heterocycles. The lowest BCUT2D eigenvalue weighted by atomic mass is 10.2. The zero-order valence-corrected chi connectivity index (χ0v) is 12.5. The van der Waals surface area contributed by atoms with Gasteiger partial charge in [0.05, 0.1) is 17.1 Å². The summed E-state index contributed by atoms with van der Waals surface area (Å²) in [7, 11) is 0. The van der Waals surface area contributed by atoms with Crippen LogP contribution in [-0.2, 0) is 0 Å². The highest BCUT2D eigenvalue weighted by atomic mass is 35.5. The molecule has 114 valence electrons. The lowest BCUT2D eigenvalue weighted by molar-refractivity contribution is 0.0772. The molecule has 1 fully saturated rings. The summed E-state index contributed by atoms with van der Waals surface area (Å²) in [6, 6.07) is 7.36. The first-order valence-electron chi connectivity index (χ1n) is 6.94. The van der Waals surface area contributed by atoms with Crippen molar-refractivity contribution >= 4 is 17.5 Å². The molecule has 0 spiro atoms. The molecule has 22 heavy (non-hydrogen) atoms. The standard InChI is InChI=1S/C16H14ClFN2O2/c17-15-9-11(18)1-2-14(15)16(21)20-8-5-13(10-20)22-12-3-6-19-7-4-12/h1-4,6-7,9,13H,5,8,10H2. The van der Waals surface area contributed by atoms with E-state index >= 15 is 0 Å². The van der Waals surface area contributed by atoms with Crippen LogP contribution in [0.2, 0.25) is 5.02 Å². The molecule has 1 aromatic carbocycles. The lowest BCUT2D eigenvalue weighted by Crippen LogP contribution is -2.31. The van der Waals surface area contributed by atoms with Gasteiger partial charge in [-0.2, -0.15) is 0 Å². The average molecular weight is 321 g/mol. The summed E-state index contributed by atoms with van der Waals surface area (Å²) in [6.07, 6.45) is 4.00. The Labute approximate surface area is 132 Å². The van der Waals surface area contributed by atoms with Gasteiger partial charge < -0.3 is 9.64 Å². The number of halogens is 2. The van der Waals surface area contributed by atoms with Gasteiger partial charge in [-0.15, -0.1) is 0 Å². The molecule has 0 radical (unpaired) electrons. The normalized spacial score (nSPS) is 17.5. The molecule has 1 aromatic heterocycles. The van der Waals surface area contributed by atoms with Gasteiger partial charge in [0.25, 0.3) is 5.91 Å². The molecule has 2 aromatic rings. The SMILES string of the molecule is O=C(c1ccc(F)cc1Cl)N1CCC(Oc2ccncc2)C1. The van der Waals surface area contributed by atoms with Crippen LogP contribution in [0.15, 0.2) is 42.7 Å². The molecule has 4 nitrogen and oxygen atoms in total. The first-order chi connectivity index (χ1) is 10.6. The molecule has 1 saturated heterocycles. The fourth-order valence-corrected chi connectivity index (χ4v) is 2.70. The average Bonchev–Trinajstić information content (AvgIpc) is 2.96. The highest BCUT2D eigenvalue weighted by molar-refractivity contribution is 6.33. The second-order valence-corrected chi connectivity index (χ2v) is 5.49. The van der Waals surface area contributed by atoms with Gasteiger partial charge in [-0.25, -0.2) is 4.39 Å². The first kappa shape index (κ1) is 14.8. The van der Waals surface area contributed by atoms with Crippen LogP contribution in [0.3, 0.4) is 0 Å². The summed E-state index contributed by atoms with van der Waals surface area (Å²) >= 11 is 5.94. The third-order valence-electron chi connectivity index (χ3n) is 3.55. The fraction of sp³-hybridized carbons (Fsp3) is 0.250. The van der Waals surface area contributed by atoms with Crippen LogP contribution < -0.4 is 4.74 Å². The minimum Gasteiger partial charge on any atom is -0.488 e. The van der Waals surface area contributed by atoms with Gasteiger partial charge in [-0.05, 0) is 30.3 Å². The molecule has 1 amide bonds. The number of carbonyl (C=O) groups excluding carboxylic acids is 1. The maximum absolute atomic E-state index is 13.1. The van der Waals surface area contributed by atoms with Crippen molar-refractivity contribution in [3.8, 4) is 5.75 Å². The van der Waals surface area contributed by atoms with Crippen LogP contribution in [-0.4, -0.2) is 35.0 Å². The molecule has 1 unspecified atom stereocenters. The number of pyridine rings is 1. The Kier molecular flexibility index (Phi) is 4.24. The summed E-state index contributed by atoms with van der Waals surface area (Å²) < 4.78 is 18.9. The molecule has 6 heteroatoms. The molecule has 0 aliphatic carbocycles. The van der Waals surface area contributed by atoms with Crippen molar-refractivity contribution in [2.45, 2.75) is 12.5 Å². The number of amides is 1. The van der Waals surface area contributed by atoms with Crippen molar-refractivity contribution in [3.05, 3.63) is 59.1 Å². The largest absolute Gasteiger partial charge is 0.488 e. The summed E-state index contributed by atoms with van der Waals surface area (Å²) in [4.78, 5) is 18.0. The maximum Gasteiger partial charge on any atom is 0.255 e. The van der Waals surface area contributed by atoms with E-state index in [4.69, 9.17) is 16.3 Å². The van der Waals surface area contributed by atoms with Crippen molar-refractivity contribution in [3.63, 3.8) is 0 Å². The van der Waals surface area contributed by atoms with Crippen molar-refractivity contribution < 1.29 is 13.9 Å². The van der Waals surface area contributed by atoms with E-state index in [1.54, 1.807) is 29.4 Å². The van der Waals surface area contributed by atoms with Gasteiger partial charge in [0.2, 0.25) is 0 Å². The first-order valence-corrected chi connectivity index (χ1v) is 7.32. The number of nitrogens with zero attached hydrogens (tertiary/aromatic N) is 2. The Morgan fingerprint density at radius 3 is 2.82 bits per heavy atom. The summed E-state index contributed by atoms with van der Waals surface area (Å²) in [5, 5.41) is 0.128. The van der Waals surface area contributed by atoms with Crippen LogP contribution >= 0.6 is 11.6 Å². The lowest BCUT2D eigenvalue weighted by Gasteiger charge is -2.18. The van der Waals surface area contributed by atoms with Gasteiger partial charge in [-0.3, -0.25) is 9.78 Å². The van der Waals surface area contributed by atoms with E-state index in [1.165, 1.54) is 12.1 Å². The molecule has 1 atom stereocenters. The Morgan fingerprint density at radius 1 is 1.32 bits per heavy atom. The van der Waals surface area contributed by atoms with E-state index in [-0.39, 0.29) is 17.0 Å².